The molecule has 0 atom stereocenters. The number of ether oxygens (including phenoxy) is 1. The fourth-order valence-electron chi connectivity index (χ4n) is 0.898. The highest BCUT2D eigenvalue weighted by atomic mass is 19.1. The van der Waals surface area contributed by atoms with Crippen molar-refractivity contribution in [3.05, 3.63) is 35.7 Å². The molecule has 14 heavy (non-hydrogen) atoms. The van der Waals surface area contributed by atoms with Crippen molar-refractivity contribution >= 4 is 17.7 Å². The number of halogens is 1. The molecule has 2 N–H and O–H groups in total. The summed E-state index contributed by atoms with van der Waals surface area (Å²) in [5, 5.41) is 0. The SMILES string of the molecule is COC(=O)C=Cc1ccc(F)c(N)c1. The van der Waals surface area contributed by atoms with Crippen molar-refractivity contribution in [2.24, 2.45) is 0 Å². The van der Waals surface area contributed by atoms with E-state index in [0.29, 0.717) is 5.56 Å². The van der Waals surface area contributed by atoms with Crippen LogP contribution in [0.5, 0.6) is 0 Å². The van der Waals surface area contributed by atoms with Crippen LogP contribution in [0.1, 0.15) is 5.56 Å². The van der Waals surface area contributed by atoms with E-state index in [0.717, 1.165) is 0 Å². The second kappa shape index (κ2) is 4.41. The molecule has 0 unspecified atom stereocenters. The number of anilines is 1. The standard InChI is InChI=1S/C10H10FNO2/c1-14-10(13)5-3-7-2-4-8(11)9(12)6-7/h2-6H,12H2,1H3. The van der Waals surface area contributed by atoms with Gasteiger partial charge in [-0.05, 0) is 23.8 Å². The predicted octanol–water partition coefficient (Wildman–Crippen LogP) is 1.59. The van der Waals surface area contributed by atoms with Crippen molar-refractivity contribution in [2.75, 3.05) is 12.8 Å². The van der Waals surface area contributed by atoms with Gasteiger partial charge in [0, 0.05) is 6.08 Å². The first-order valence-electron chi connectivity index (χ1n) is 3.94. The molecule has 1 rings (SSSR count). The number of hydrogen-bond acceptors (Lipinski definition) is 3. The van der Waals surface area contributed by atoms with Crippen LogP contribution in [-0.2, 0) is 9.53 Å². The Morgan fingerprint density at radius 1 is 1.57 bits per heavy atom. The van der Waals surface area contributed by atoms with Gasteiger partial charge in [0.1, 0.15) is 5.82 Å². The molecular formula is C10H10FNO2. The van der Waals surface area contributed by atoms with E-state index in [-0.39, 0.29) is 5.69 Å². The number of rotatable bonds is 2. The summed E-state index contributed by atoms with van der Waals surface area (Å²) in [6.07, 6.45) is 2.74. The Labute approximate surface area is 81.0 Å². The molecule has 0 spiro atoms. The zero-order valence-corrected chi connectivity index (χ0v) is 7.66. The first kappa shape index (κ1) is 10.2. The van der Waals surface area contributed by atoms with E-state index in [4.69, 9.17) is 5.73 Å². The molecule has 3 nitrogen and oxygen atoms in total. The second-order valence-corrected chi connectivity index (χ2v) is 2.64. The van der Waals surface area contributed by atoms with Gasteiger partial charge in [-0.15, -0.1) is 0 Å². The van der Waals surface area contributed by atoms with Crippen molar-refractivity contribution in [1.29, 1.82) is 0 Å². The van der Waals surface area contributed by atoms with E-state index in [1.165, 1.54) is 37.5 Å². The monoisotopic (exact) mass is 195 g/mol. The number of nitrogen functional groups attached to an aromatic ring is 1. The summed E-state index contributed by atoms with van der Waals surface area (Å²) in [5.74, 6) is -0.937. The lowest BCUT2D eigenvalue weighted by Gasteiger charge is -1.97. The summed E-state index contributed by atoms with van der Waals surface area (Å²) >= 11 is 0. The third-order valence-corrected chi connectivity index (χ3v) is 1.63. The summed E-state index contributed by atoms with van der Waals surface area (Å²) in [6.45, 7) is 0. The molecule has 0 aromatic heterocycles. The number of carbonyl (C=O) groups excluding carboxylic acids is 1. The van der Waals surface area contributed by atoms with E-state index in [2.05, 4.69) is 4.74 Å². The van der Waals surface area contributed by atoms with Crippen LogP contribution in [0.3, 0.4) is 0 Å². The molecule has 74 valence electrons. The van der Waals surface area contributed by atoms with Crippen LogP contribution >= 0.6 is 0 Å². The average molecular weight is 195 g/mol. The maximum absolute atomic E-state index is 12.7. The van der Waals surface area contributed by atoms with Crippen LogP contribution in [-0.4, -0.2) is 13.1 Å². The molecule has 0 aliphatic carbocycles. The highest BCUT2D eigenvalue weighted by molar-refractivity contribution is 5.87. The average Bonchev–Trinajstić information content (AvgIpc) is 2.19. The zero-order valence-electron chi connectivity index (χ0n) is 7.66. The molecule has 0 fully saturated rings. The normalized spacial score (nSPS) is 10.4. The van der Waals surface area contributed by atoms with Crippen LogP contribution in [0.4, 0.5) is 10.1 Å². The van der Waals surface area contributed by atoms with Crippen molar-refractivity contribution < 1.29 is 13.9 Å². The molecule has 0 aliphatic heterocycles. The number of nitrogens with two attached hydrogens (primary N) is 1. The van der Waals surface area contributed by atoms with Crippen LogP contribution in [0, 0.1) is 5.82 Å². The maximum atomic E-state index is 12.7. The summed E-state index contributed by atoms with van der Waals surface area (Å²) in [6, 6.07) is 4.20. The molecule has 0 radical (unpaired) electrons. The lowest BCUT2D eigenvalue weighted by molar-refractivity contribution is -0.134. The van der Waals surface area contributed by atoms with Crippen molar-refractivity contribution in [2.45, 2.75) is 0 Å². The Morgan fingerprint density at radius 2 is 2.29 bits per heavy atom. The van der Waals surface area contributed by atoms with Gasteiger partial charge in [-0.2, -0.15) is 0 Å². The molecule has 0 heterocycles. The minimum Gasteiger partial charge on any atom is -0.466 e. The predicted molar refractivity (Wildman–Crippen MR) is 51.9 cm³/mol. The molecular weight excluding hydrogens is 185 g/mol. The van der Waals surface area contributed by atoms with Crippen LogP contribution in [0.25, 0.3) is 6.08 Å². The summed E-state index contributed by atoms with van der Waals surface area (Å²) in [7, 11) is 1.28. The van der Waals surface area contributed by atoms with E-state index in [9.17, 15) is 9.18 Å². The quantitative estimate of drug-likeness (QED) is 0.443. The van der Waals surface area contributed by atoms with Gasteiger partial charge in [-0.1, -0.05) is 6.07 Å². The maximum Gasteiger partial charge on any atom is 0.330 e. The van der Waals surface area contributed by atoms with Gasteiger partial charge in [-0.3, -0.25) is 0 Å². The molecule has 0 saturated carbocycles. The Bertz CT molecular complexity index is 374. The largest absolute Gasteiger partial charge is 0.466 e. The molecule has 0 aliphatic rings. The van der Waals surface area contributed by atoms with Gasteiger partial charge in [-0.25, -0.2) is 9.18 Å². The van der Waals surface area contributed by atoms with Crippen LogP contribution in [0.15, 0.2) is 24.3 Å². The molecule has 0 bridgehead atoms. The fraction of sp³-hybridized carbons (Fsp3) is 0.100. The molecule has 1 aromatic carbocycles. The number of esters is 1. The van der Waals surface area contributed by atoms with Gasteiger partial charge >= 0.3 is 5.97 Å². The van der Waals surface area contributed by atoms with Crippen molar-refractivity contribution in [3.8, 4) is 0 Å². The highest BCUT2D eigenvalue weighted by Crippen LogP contribution is 2.13. The van der Waals surface area contributed by atoms with Gasteiger partial charge in [0.05, 0.1) is 12.8 Å². The minimum atomic E-state index is -0.472. The van der Waals surface area contributed by atoms with Crippen molar-refractivity contribution in [1.82, 2.24) is 0 Å². The van der Waals surface area contributed by atoms with Gasteiger partial charge in [0.15, 0.2) is 0 Å². The van der Waals surface area contributed by atoms with E-state index in [1.807, 2.05) is 0 Å². The Balaban J connectivity index is 2.83. The number of hydrogen-bond donors (Lipinski definition) is 1. The Hall–Kier alpha value is -1.84. The first-order chi connectivity index (χ1) is 6.63. The lowest BCUT2D eigenvalue weighted by Crippen LogP contribution is -1.94. The van der Waals surface area contributed by atoms with E-state index >= 15 is 0 Å². The molecule has 0 saturated heterocycles. The third-order valence-electron chi connectivity index (χ3n) is 1.63. The number of methoxy groups -OCH3 is 1. The molecule has 0 amide bonds. The Kier molecular flexibility index (Phi) is 3.23. The summed E-state index contributed by atoms with van der Waals surface area (Å²) in [5.41, 5.74) is 6.03. The topological polar surface area (TPSA) is 52.3 Å². The Morgan fingerprint density at radius 3 is 2.86 bits per heavy atom. The van der Waals surface area contributed by atoms with Gasteiger partial charge in [0.2, 0.25) is 0 Å². The number of carbonyl (C=O) groups is 1. The molecule has 4 heteroatoms. The van der Waals surface area contributed by atoms with Crippen LogP contribution < -0.4 is 5.73 Å². The van der Waals surface area contributed by atoms with E-state index < -0.39 is 11.8 Å². The van der Waals surface area contributed by atoms with Gasteiger partial charge in [0.25, 0.3) is 0 Å². The van der Waals surface area contributed by atoms with Gasteiger partial charge < -0.3 is 10.5 Å². The van der Waals surface area contributed by atoms with Crippen molar-refractivity contribution in [3.63, 3.8) is 0 Å². The third kappa shape index (κ3) is 2.58. The summed E-state index contributed by atoms with van der Waals surface area (Å²) in [4.78, 5) is 10.7. The fourth-order valence-corrected chi connectivity index (χ4v) is 0.898. The lowest BCUT2D eigenvalue weighted by atomic mass is 10.2. The summed E-state index contributed by atoms with van der Waals surface area (Å²) < 4.78 is 17.1. The zero-order chi connectivity index (χ0) is 10.6. The second-order valence-electron chi connectivity index (χ2n) is 2.64. The minimum absolute atomic E-state index is 0.0528. The number of benzene rings is 1. The van der Waals surface area contributed by atoms with E-state index in [1.54, 1.807) is 0 Å². The highest BCUT2D eigenvalue weighted by Gasteiger charge is 1.97. The molecule has 1 aromatic rings. The smallest absolute Gasteiger partial charge is 0.330 e. The van der Waals surface area contributed by atoms with Crippen LogP contribution in [0.2, 0.25) is 0 Å². The first-order valence-corrected chi connectivity index (χ1v) is 3.94.